The normalized spacial score (nSPS) is 18.9. The van der Waals surface area contributed by atoms with Gasteiger partial charge in [0.25, 0.3) is 0 Å². The van der Waals surface area contributed by atoms with Gasteiger partial charge < -0.3 is 29.4 Å². The van der Waals surface area contributed by atoms with E-state index in [0.29, 0.717) is 52.9 Å². The number of phenolic OH excluding ortho intramolecular Hbond substituents is 1. The van der Waals surface area contributed by atoms with Crippen LogP contribution in [0.2, 0.25) is 0 Å². The number of aromatic nitrogens is 3. The van der Waals surface area contributed by atoms with Gasteiger partial charge in [-0.2, -0.15) is 10.1 Å². The number of fused-ring (bicyclic) bond motifs is 1. The minimum atomic E-state index is -0.519. The van der Waals surface area contributed by atoms with Crippen LogP contribution in [0.15, 0.2) is 47.9 Å². The molecule has 0 saturated carbocycles. The molecule has 35 heavy (non-hydrogen) atoms. The van der Waals surface area contributed by atoms with E-state index in [9.17, 15) is 9.90 Å². The van der Waals surface area contributed by atoms with Crippen molar-refractivity contribution in [1.29, 1.82) is 0 Å². The summed E-state index contributed by atoms with van der Waals surface area (Å²) in [6.07, 6.45) is 2.31. The molecule has 2 aromatic carbocycles. The summed E-state index contributed by atoms with van der Waals surface area (Å²) in [7, 11) is 6.18. The number of carbonyl (C=O) groups is 1. The Balaban J connectivity index is 1.57. The minimum absolute atomic E-state index is 0.00842. The average Bonchev–Trinajstić information content (AvgIpc) is 3.34. The number of anilines is 1. The fraction of sp³-hybridized carbons (Fsp3) is 0.320. The summed E-state index contributed by atoms with van der Waals surface area (Å²) in [5, 5.41) is 18.0. The molecule has 0 bridgehead atoms. The first-order chi connectivity index (χ1) is 17.0. The van der Waals surface area contributed by atoms with Gasteiger partial charge in [0.15, 0.2) is 28.8 Å². The smallest absolute Gasteiger partial charge is 0.226 e. The molecule has 0 saturated heterocycles. The van der Waals surface area contributed by atoms with Gasteiger partial charge in [-0.15, -0.1) is 0 Å². The van der Waals surface area contributed by atoms with E-state index in [1.165, 1.54) is 13.4 Å². The van der Waals surface area contributed by atoms with Crippen LogP contribution in [0.25, 0.3) is 0 Å². The van der Waals surface area contributed by atoms with Crippen LogP contribution in [0, 0.1) is 0 Å². The van der Waals surface area contributed by atoms with E-state index in [0.717, 1.165) is 11.3 Å². The number of nitrogens with one attached hydrogen (secondary N) is 1. The summed E-state index contributed by atoms with van der Waals surface area (Å²) >= 11 is 0. The lowest BCUT2D eigenvalue weighted by Crippen LogP contribution is -2.33. The second-order valence-electron chi connectivity index (χ2n) is 8.37. The number of phenols is 1. The van der Waals surface area contributed by atoms with Crippen LogP contribution in [-0.4, -0.2) is 54.1 Å². The molecular weight excluding hydrogens is 452 g/mol. The Morgan fingerprint density at radius 3 is 2.29 bits per heavy atom. The average molecular weight is 479 g/mol. The lowest BCUT2D eigenvalue weighted by atomic mass is 9.77. The number of methoxy groups -OCH3 is 4. The summed E-state index contributed by atoms with van der Waals surface area (Å²) < 4.78 is 23.3. The zero-order valence-electron chi connectivity index (χ0n) is 19.9. The van der Waals surface area contributed by atoms with E-state index in [-0.39, 0.29) is 17.5 Å². The van der Waals surface area contributed by atoms with E-state index in [1.807, 2.05) is 18.2 Å². The van der Waals surface area contributed by atoms with E-state index in [2.05, 4.69) is 15.4 Å². The molecule has 2 atom stereocenters. The van der Waals surface area contributed by atoms with Crippen molar-refractivity contribution >= 4 is 11.7 Å². The fourth-order valence-corrected chi connectivity index (χ4v) is 4.91. The molecule has 2 N–H and O–H groups in total. The van der Waals surface area contributed by atoms with E-state index in [1.54, 1.807) is 38.1 Å². The van der Waals surface area contributed by atoms with Crippen LogP contribution >= 0.6 is 0 Å². The third-order valence-electron chi connectivity index (χ3n) is 6.54. The van der Waals surface area contributed by atoms with Gasteiger partial charge in [-0.05, 0) is 47.7 Å². The van der Waals surface area contributed by atoms with Crippen molar-refractivity contribution in [3.63, 3.8) is 0 Å². The molecule has 10 heteroatoms. The van der Waals surface area contributed by atoms with E-state index in [4.69, 9.17) is 18.9 Å². The molecule has 182 valence electrons. The lowest BCUT2D eigenvalue weighted by Gasteiger charge is -2.35. The Morgan fingerprint density at radius 1 is 0.943 bits per heavy atom. The fourth-order valence-electron chi connectivity index (χ4n) is 4.91. The zero-order valence-corrected chi connectivity index (χ0v) is 19.9. The van der Waals surface area contributed by atoms with Gasteiger partial charge in [-0.25, -0.2) is 4.68 Å². The highest BCUT2D eigenvalue weighted by atomic mass is 16.5. The predicted octanol–water partition coefficient (Wildman–Crippen LogP) is 3.43. The van der Waals surface area contributed by atoms with Crippen LogP contribution < -0.4 is 24.3 Å². The van der Waals surface area contributed by atoms with Crippen LogP contribution in [0.1, 0.15) is 35.9 Å². The zero-order chi connectivity index (χ0) is 24.7. The number of carbonyl (C=O) groups excluding carboxylic acids is 1. The summed E-state index contributed by atoms with van der Waals surface area (Å²) in [6.45, 7) is 0. The summed E-state index contributed by atoms with van der Waals surface area (Å²) in [6, 6.07) is 8.35. The summed E-state index contributed by atoms with van der Waals surface area (Å²) in [5.74, 6) is 2.33. The maximum Gasteiger partial charge on any atom is 0.226 e. The molecule has 1 aliphatic heterocycles. The lowest BCUT2D eigenvalue weighted by molar-refractivity contribution is -0.116. The first-order valence-corrected chi connectivity index (χ1v) is 11.1. The monoisotopic (exact) mass is 478 g/mol. The molecule has 0 fully saturated rings. The van der Waals surface area contributed by atoms with E-state index >= 15 is 0 Å². The van der Waals surface area contributed by atoms with Crippen LogP contribution in [-0.2, 0) is 4.79 Å². The van der Waals surface area contributed by atoms with Crippen LogP contribution in [0.3, 0.4) is 0 Å². The molecule has 2 heterocycles. The molecule has 0 unspecified atom stereocenters. The number of ketones is 1. The first kappa shape index (κ1) is 22.6. The number of Topliss-reactive ketones (excluding diaryl/α,β-unsaturated/α-hetero) is 1. The summed E-state index contributed by atoms with van der Waals surface area (Å²) in [5.41, 5.74) is 3.01. The molecular formula is C25H26N4O6. The molecule has 0 spiro atoms. The standard InChI is InChI=1S/C25H26N4O6/c1-32-19-6-5-13(8-17(19)30)23-22-16(28-25-26-12-27-29(23)25)7-14(9-18(22)31)15-10-20(33-2)24(35-4)21(11-15)34-3/h5-6,8,10-12,14,23,30H,7,9H2,1-4H3,(H,26,27,28)/t14-,23+/m0/s1. The third kappa shape index (κ3) is 3.71. The second kappa shape index (κ2) is 8.86. The topological polar surface area (TPSA) is 117 Å². The molecule has 0 radical (unpaired) electrons. The maximum atomic E-state index is 13.6. The number of allylic oxidation sites excluding steroid dienone is 2. The SMILES string of the molecule is COc1ccc([C@@H]2C3=C(C[C@H](c4cc(OC)c(OC)c(OC)c4)CC3=O)Nc3ncnn32)cc1O. The van der Waals surface area contributed by atoms with Gasteiger partial charge in [0.2, 0.25) is 11.7 Å². The van der Waals surface area contributed by atoms with Gasteiger partial charge in [-0.1, -0.05) is 6.07 Å². The van der Waals surface area contributed by atoms with Gasteiger partial charge in [0, 0.05) is 17.7 Å². The van der Waals surface area contributed by atoms with E-state index < -0.39 is 6.04 Å². The highest BCUT2D eigenvalue weighted by Gasteiger charge is 2.40. The molecule has 3 aromatic rings. The Hall–Kier alpha value is -4.21. The van der Waals surface area contributed by atoms with Crippen molar-refractivity contribution in [1.82, 2.24) is 14.8 Å². The van der Waals surface area contributed by atoms with Crippen molar-refractivity contribution in [3.8, 4) is 28.7 Å². The number of ether oxygens (including phenoxy) is 4. The highest BCUT2D eigenvalue weighted by molar-refractivity contribution is 6.00. The molecule has 1 aliphatic carbocycles. The quantitative estimate of drug-likeness (QED) is 0.549. The molecule has 0 amide bonds. The molecule has 10 nitrogen and oxygen atoms in total. The number of benzene rings is 2. The number of nitrogens with zero attached hydrogens (tertiary/aromatic N) is 3. The van der Waals surface area contributed by atoms with Gasteiger partial charge in [0.1, 0.15) is 12.4 Å². The maximum absolute atomic E-state index is 13.6. The van der Waals surface area contributed by atoms with Crippen molar-refractivity contribution < 1.29 is 28.8 Å². The first-order valence-electron chi connectivity index (χ1n) is 11.1. The Morgan fingerprint density at radius 2 is 1.66 bits per heavy atom. The minimum Gasteiger partial charge on any atom is -0.504 e. The van der Waals surface area contributed by atoms with Crippen molar-refractivity contribution in [2.75, 3.05) is 33.8 Å². The van der Waals surface area contributed by atoms with Gasteiger partial charge in [-0.3, -0.25) is 4.79 Å². The van der Waals surface area contributed by atoms with Crippen molar-refractivity contribution in [3.05, 3.63) is 59.1 Å². The van der Waals surface area contributed by atoms with Crippen LogP contribution in [0.5, 0.6) is 28.7 Å². The number of hydrogen-bond donors (Lipinski definition) is 2. The van der Waals surface area contributed by atoms with Crippen molar-refractivity contribution in [2.45, 2.75) is 24.8 Å². The largest absolute Gasteiger partial charge is 0.504 e. The Kier molecular flexibility index (Phi) is 5.72. The van der Waals surface area contributed by atoms with Crippen LogP contribution in [0.4, 0.5) is 5.95 Å². The molecule has 5 rings (SSSR count). The Labute approximate surface area is 202 Å². The number of hydrogen-bond acceptors (Lipinski definition) is 9. The summed E-state index contributed by atoms with van der Waals surface area (Å²) in [4.78, 5) is 18.0. The second-order valence-corrected chi connectivity index (χ2v) is 8.37. The third-order valence-corrected chi connectivity index (χ3v) is 6.54. The van der Waals surface area contributed by atoms with Gasteiger partial charge >= 0.3 is 0 Å². The molecule has 2 aliphatic rings. The van der Waals surface area contributed by atoms with Gasteiger partial charge in [0.05, 0.1) is 28.4 Å². The number of aromatic hydroxyl groups is 1. The molecule has 1 aromatic heterocycles. The predicted molar refractivity (Wildman–Crippen MR) is 127 cm³/mol. The highest BCUT2D eigenvalue weighted by Crippen LogP contribution is 2.47. The Bertz CT molecular complexity index is 1310. The number of rotatable bonds is 6. The van der Waals surface area contributed by atoms with Crippen molar-refractivity contribution in [2.24, 2.45) is 0 Å².